The predicted octanol–water partition coefficient (Wildman–Crippen LogP) is 2.81. The zero-order chi connectivity index (χ0) is 18.1. The van der Waals surface area contributed by atoms with Crippen LogP contribution in [0, 0.1) is 35.0 Å². The number of nitrogens with zero attached hydrogens (tertiary/aromatic N) is 1. The van der Waals surface area contributed by atoms with Gasteiger partial charge in [-0.15, -0.1) is 0 Å². The highest BCUT2D eigenvalue weighted by molar-refractivity contribution is 5.97. The molecule has 1 aromatic carbocycles. The van der Waals surface area contributed by atoms with Gasteiger partial charge >= 0.3 is 5.97 Å². The van der Waals surface area contributed by atoms with E-state index >= 15 is 0 Å². The Balaban J connectivity index is 1.86. The molecule has 0 radical (unpaired) electrons. The van der Waals surface area contributed by atoms with Crippen molar-refractivity contribution in [3.8, 4) is 11.8 Å². The van der Waals surface area contributed by atoms with Gasteiger partial charge in [-0.1, -0.05) is 12.2 Å². The lowest BCUT2D eigenvalue weighted by Crippen LogP contribution is -2.36. The number of carbonyl (C=O) groups excluding carboxylic acids is 1. The number of nitriles is 1. The van der Waals surface area contributed by atoms with Crippen LogP contribution in [0.1, 0.15) is 25.8 Å². The van der Waals surface area contributed by atoms with Crippen molar-refractivity contribution in [3.05, 3.63) is 35.9 Å². The molecular formula is C19H20N2O4. The molecule has 0 unspecified atom stereocenters. The van der Waals surface area contributed by atoms with Crippen LogP contribution in [0.15, 0.2) is 30.4 Å². The summed E-state index contributed by atoms with van der Waals surface area (Å²) in [7, 11) is 0. The lowest BCUT2D eigenvalue weighted by atomic mass is 9.82. The molecule has 0 saturated heterocycles. The largest absolute Gasteiger partial charge is 0.489 e. The summed E-state index contributed by atoms with van der Waals surface area (Å²) in [5.74, 6) is -2.27. The monoisotopic (exact) mass is 340 g/mol. The summed E-state index contributed by atoms with van der Waals surface area (Å²) in [4.78, 5) is 24.4. The molecule has 2 bridgehead atoms. The van der Waals surface area contributed by atoms with Crippen molar-refractivity contribution < 1.29 is 19.4 Å². The summed E-state index contributed by atoms with van der Waals surface area (Å²) >= 11 is 0. The SMILES string of the molecule is CC(C)Oc1ccc(C#N)cc1NC(=O)[C@@H]1[C@H](C(=O)O)[C@H]2C=C[C@H]1C2. The number of aliphatic carboxylic acids is 1. The first-order chi connectivity index (χ1) is 11.9. The van der Waals surface area contributed by atoms with Crippen LogP contribution < -0.4 is 10.1 Å². The smallest absolute Gasteiger partial charge is 0.307 e. The molecule has 2 N–H and O–H groups in total. The van der Waals surface area contributed by atoms with Crippen molar-refractivity contribution in [2.45, 2.75) is 26.4 Å². The summed E-state index contributed by atoms with van der Waals surface area (Å²) in [6.07, 6.45) is 4.44. The second kappa shape index (κ2) is 6.60. The molecule has 1 aromatic rings. The Bertz CT molecular complexity index is 778. The van der Waals surface area contributed by atoms with Gasteiger partial charge in [0.05, 0.1) is 35.3 Å². The number of carbonyl (C=O) groups is 2. The van der Waals surface area contributed by atoms with E-state index < -0.39 is 17.8 Å². The van der Waals surface area contributed by atoms with Crippen LogP contribution in [0.3, 0.4) is 0 Å². The highest BCUT2D eigenvalue weighted by Gasteiger charge is 2.51. The van der Waals surface area contributed by atoms with E-state index in [4.69, 9.17) is 10.00 Å². The Kier molecular flexibility index (Phi) is 4.49. The first-order valence-electron chi connectivity index (χ1n) is 8.33. The number of carboxylic acids is 1. The number of fused-ring (bicyclic) bond motifs is 2. The molecule has 1 amide bonds. The van der Waals surface area contributed by atoms with E-state index in [0.29, 0.717) is 23.4 Å². The Morgan fingerprint density at radius 3 is 2.56 bits per heavy atom. The molecule has 0 heterocycles. The molecule has 0 aliphatic heterocycles. The summed E-state index contributed by atoms with van der Waals surface area (Å²) < 4.78 is 5.69. The van der Waals surface area contributed by atoms with Crippen molar-refractivity contribution in [1.82, 2.24) is 0 Å². The number of amides is 1. The lowest BCUT2D eigenvalue weighted by Gasteiger charge is -2.24. The fourth-order valence-corrected chi connectivity index (χ4v) is 3.79. The third-order valence-electron chi connectivity index (χ3n) is 4.78. The maximum atomic E-state index is 12.8. The number of anilines is 1. The number of ether oxygens (including phenoxy) is 1. The van der Waals surface area contributed by atoms with Crippen molar-refractivity contribution in [3.63, 3.8) is 0 Å². The van der Waals surface area contributed by atoms with Gasteiger partial charge in [0.25, 0.3) is 0 Å². The topological polar surface area (TPSA) is 99.4 Å². The maximum absolute atomic E-state index is 12.8. The summed E-state index contributed by atoms with van der Waals surface area (Å²) in [6, 6.07) is 6.84. The number of hydrogen-bond acceptors (Lipinski definition) is 4. The minimum absolute atomic E-state index is 0.0558. The summed E-state index contributed by atoms with van der Waals surface area (Å²) in [5.41, 5.74) is 0.794. The van der Waals surface area contributed by atoms with Gasteiger partial charge in [-0.2, -0.15) is 5.26 Å². The molecule has 6 heteroatoms. The average molecular weight is 340 g/mol. The third-order valence-corrected chi connectivity index (χ3v) is 4.78. The van der Waals surface area contributed by atoms with E-state index in [2.05, 4.69) is 5.32 Å². The molecule has 0 spiro atoms. The van der Waals surface area contributed by atoms with Crippen molar-refractivity contribution >= 4 is 17.6 Å². The Morgan fingerprint density at radius 2 is 1.96 bits per heavy atom. The number of rotatable bonds is 5. The molecule has 1 fully saturated rings. The second-order valence-electron chi connectivity index (χ2n) is 6.82. The average Bonchev–Trinajstić information content (AvgIpc) is 3.16. The molecule has 3 rings (SSSR count). The van der Waals surface area contributed by atoms with E-state index in [9.17, 15) is 14.7 Å². The predicted molar refractivity (Wildman–Crippen MR) is 90.9 cm³/mol. The quantitative estimate of drug-likeness (QED) is 0.803. The van der Waals surface area contributed by atoms with Crippen LogP contribution >= 0.6 is 0 Å². The van der Waals surface area contributed by atoms with Crippen LogP contribution in [0.2, 0.25) is 0 Å². The highest BCUT2D eigenvalue weighted by Crippen LogP contribution is 2.48. The lowest BCUT2D eigenvalue weighted by molar-refractivity contribution is -0.146. The fraction of sp³-hybridized carbons (Fsp3) is 0.421. The molecule has 130 valence electrons. The van der Waals surface area contributed by atoms with Crippen molar-refractivity contribution in [2.75, 3.05) is 5.32 Å². The zero-order valence-electron chi connectivity index (χ0n) is 14.1. The van der Waals surface area contributed by atoms with Crippen LogP contribution in [0.4, 0.5) is 5.69 Å². The number of carboxylic acid groups (broad SMARTS) is 1. The van der Waals surface area contributed by atoms with Gasteiger partial charge in [0, 0.05) is 0 Å². The molecular weight excluding hydrogens is 320 g/mol. The Hall–Kier alpha value is -2.81. The minimum atomic E-state index is -0.943. The molecule has 25 heavy (non-hydrogen) atoms. The zero-order valence-corrected chi connectivity index (χ0v) is 14.1. The normalized spacial score (nSPS) is 26.5. The fourth-order valence-electron chi connectivity index (χ4n) is 3.79. The Morgan fingerprint density at radius 1 is 1.28 bits per heavy atom. The van der Waals surface area contributed by atoms with Crippen LogP contribution in [0.5, 0.6) is 5.75 Å². The van der Waals surface area contributed by atoms with Crippen molar-refractivity contribution in [2.24, 2.45) is 23.7 Å². The number of nitrogens with one attached hydrogen (secondary N) is 1. The molecule has 1 saturated carbocycles. The van der Waals surface area contributed by atoms with Gasteiger partial charge in [0.15, 0.2) is 0 Å². The first kappa shape index (κ1) is 17.0. The minimum Gasteiger partial charge on any atom is -0.489 e. The van der Waals surface area contributed by atoms with Gasteiger partial charge in [0.1, 0.15) is 5.75 Å². The molecule has 4 atom stereocenters. The third kappa shape index (κ3) is 3.22. The van der Waals surface area contributed by atoms with E-state index in [1.165, 1.54) is 0 Å². The molecule has 2 aliphatic rings. The van der Waals surface area contributed by atoms with E-state index in [1.54, 1.807) is 18.2 Å². The second-order valence-corrected chi connectivity index (χ2v) is 6.82. The van der Waals surface area contributed by atoms with Gasteiger partial charge in [0.2, 0.25) is 5.91 Å². The Labute approximate surface area is 146 Å². The number of hydrogen-bond donors (Lipinski definition) is 2. The van der Waals surface area contributed by atoms with Gasteiger partial charge in [-0.3, -0.25) is 9.59 Å². The van der Waals surface area contributed by atoms with E-state index in [1.807, 2.05) is 32.1 Å². The number of allylic oxidation sites excluding steroid dienone is 2. The maximum Gasteiger partial charge on any atom is 0.307 e. The number of benzene rings is 1. The van der Waals surface area contributed by atoms with Crippen LogP contribution in [-0.2, 0) is 9.59 Å². The standard InChI is InChI=1S/C19H20N2O4/c1-10(2)25-15-6-3-11(9-20)7-14(15)21-18(22)16-12-4-5-13(8-12)17(16)19(23)24/h3-7,10,12-13,16-17H,8H2,1-2H3,(H,21,22)(H,23,24)/t12-,13-,16-,17+/m0/s1. The van der Waals surface area contributed by atoms with E-state index in [-0.39, 0.29) is 23.8 Å². The van der Waals surface area contributed by atoms with E-state index in [0.717, 1.165) is 0 Å². The highest BCUT2D eigenvalue weighted by atomic mass is 16.5. The van der Waals surface area contributed by atoms with Gasteiger partial charge < -0.3 is 15.2 Å². The van der Waals surface area contributed by atoms with Gasteiger partial charge in [-0.05, 0) is 50.3 Å². The summed E-state index contributed by atoms with van der Waals surface area (Å²) in [5, 5.41) is 21.4. The molecule has 0 aromatic heterocycles. The van der Waals surface area contributed by atoms with Gasteiger partial charge in [-0.25, -0.2) is 0 Å². The van der Waals surface area contributed by atoms with Crippen LogP contribution in [-0.4, -0.2) is 23.1 Å². The molecule has 2 aliphatic carbocycles. The first-order valence-corrected chi connectivity index (χ1v) is 8.33. The summed E-state index contributed by atoms with van der Waals surface area (Å²) in [6.45, 7) is 3.73. The van der Waals surface area contributed by atoms with Crippen LogP contribution in [0.25, 0.3) is 0 Å². The van der Waals surface area contributed by atoms with Crippen molar-refractivity contribution in [1.29, 1.82) is 5.26 Å². The molecule has 6 nitrogen and oxygen atoms in total.